The fourth-order valence-corrected chi connectivity index (χ4v) is 3.79. The third kappa shape index (κ3) is 6.53. The molecule has 2 heterocycles. The van der Waals surface area contributed by atoms with E-state index in [0.717, 1.165) is 32.0 Å². The van der Waals surface area contributed by atoms with E-state index in [1.165, 1.54) is 37.1 Å². The first-order chi connectivity index (χ1) is 15.0. The number of hydrazine groups is 1. The highest BCUT2D eigenvalue weighted by atomic mass is 32.2. The second-order valence-corrected chi connectivity index (χ2v) is 7.76. The molecule has 1 saturated heterocycles. The van der Waals surface area contributed by atoms with Gasteiger partial charge in [-0.25, -0.2) is 14.6 Å². The average molecular weight is 450 g/mol. The van der Waals surface area contributed by atoms with Crippen LogP contribution in [0.3, 0.4) is 0 Å². The predicted octanol–water partition coefficient (Wildman–Crippen LogP) is 2.44. The highest BCUT2D eigenvalue weighted by molar-refractivity contribution is 8.18. The van der Waals surface area contributed by atoms with Crippen molar-refractivity contribution in [3.05, 3.63) is 34.5 Å². The van der Waals surface area contributed by atoms with Crippen molar-refractivity contribution in [2.24, 2.45) is 4.99 Å². The number of esters is 1. The molecule has 1 aromatic carbocycles. The first-order valence-electron chi connectivity index (χ1n) is 9.82. The summed E-state index contributed by atoms with van der Waals surface area (Å²) in [5.41, 5.74) is 3.56. The molecule has 0 radical (unpaired) electrons. The molecule has 1 aromatic rings. The second-order valence-electron chi connectivity index (χ2n) is 6.76. The maximum absolute atomic E-state index is 13.7. The minimum absolute atomic E-state index is 0.0316. The number of rotatable bonds is 6. The number of hydrogen-bond acceptors (Lipinski definition) is 8. The van der Waals surface area contributed by atoms with Crippen LogP contribution in [-0.4, -0.2) is 54.9 Å². The van der Waals surface area contributed by atoms with Gasteiger partial charge < -0.3 is 14.8 Å². The van der Waals surface area contributed by atoms with Crippen molar-refractivity contribution in [3.63, 3.8) is 0 Å². The molecule has 0 bridgehead atoms. The number of methoxy groups -OCH3 is 1. The summed E-state index contributed by atoms with van der Waals surface area (Å²) in [6.07, 6.45) is 3.32. The minimum Gasteiger partial charge on any atom is -0.469 e. The molecule has 0 atom stereocenters. The Labute approximate surface area is 183 Å². The Bertz CT molecular complexity index is 915. The van der Waals surface area contributed by atoms with Crippen LogP contribution in [0.15, 0.2) is 28.1 Å². The van der Waals surface area contributed by atoms with Crippen molar-refractivity contribution in [1.82, 2.24) is 15.8 Å². The van der Waals surface area contributed by atoms with E-state index < -0.39 is 17.8 Å². The van der Waals surface area contributed by atoms with E-state index in [1.807, 2.05) is 5.01 Å². The van der Waals surface area contributed by atoms with E-state index in [9.17, 15) is 18.8 Å². The number of thioether (sulfide) groups is 1. The Morgan fingerprint density at radius 2 is 2.23 bits per heavy atom. The topological polar surface area (TPSA) is 109 Å². The van der Waals surface area contributed by atoms with Crippen LogP contribution in [-0.2, 0) is 14.3 Å². The maximum Gasteiger partial charge on any atom is 0.412 e. The molecular weight excluding hydrogens is 427 g/mol. The van der Waals surface area contributed by atoms with Crippen molar-refractivity contribution in [2.75, 3.05) is 26.7 Å². The van der Waals surface area contributed by atoms with Gasteiger partial charge in [0.15, 0.2) is 5.17 Å². The number of nitrogens with zero attached hydrogens (tertiary/aromatic N) is 2. The molecule has 1 fully saturated rings. The van der Waals surface area contributed by atoms with Gasteiger partial charge in [0.2, 0.25) is 0 Å². The first-order valence-corrected chi connectivity index (χ1v) is 10.6. The van der Waals surface area contributed by atoms with Gasteiger partial charge in [-0.1, -0.05) is 0 Å². The number of amides is 2. The Hall–Kier alpha value is -2.92. The minimum atomic E-state index is -0.796. The number of aliphatic imine (C=N–C) groups is 1. The summed E-state index contributed by atoms with van der Waals surface area (Å²) in [6, 6.07) is 3.71. The SMILES string of the molecule is COC(=O)CCCNC(=O)Oc1cc(F)ccc1/C=C1\SC(N2CCCCN2)=NC1=O. The lowest BCUT2D eigenvalue weighted by Gasteiger charge is -2.28. The van der Waals surface area contributed by atoms with Crippen molar-refractivity contribution in [2.45, 2.75) is 25.7 Å². The van der Waals surface area contributed by atoms with Crippen LogP contribution in [0.5, 0.6) is 5.75 Å². The van der Waals surface area contributed by atoms with Crippen LogP contribution < -0.4 is 15.5 Å². The lowest BCUT2D eigenvalue weighted by Crippen LogP contribution is -2.45. The van der Waals surface area contributed by atoms with Crippen molar-refractivity contribution >= 4 is 41.0 Å². The lowest BCUT2D eigenvalue weighted by atomic mass is 10.2. The van der Waals surface area contributed by atoms with Gasteiger partial charge in [0.25, 0.3) is 5.91 Å². The van der Waals surface area contributed by atoms with E-state index in [1.54, 1.807) is 0 Å². The van der Waals surface area contributed by atoms with Gasteiger partial charge in [-0.3, -0.25) is 14.6 Å². The number of nitrogens with one attached hydrogen (secondary N) is 2. The zero-order valence-corrected chi connectivity index (χ0v) is 17.8. The molecule has 2 aliphatic rings. The lowest BCUT2D eigenvalue weighted by molar-refractivity contribution is -0.140. The van der Waals surface area contributed by atoms with Gasteiger partial charge >= 0.3 is 12.1 Å². The largest absolute Gasteiger partial charge is 0.469 e. The molecule has 3 rings (SSSR count). The molecule has 2 aliphatic heterocycles. The van der Waals surface area contributed by atoms with Crippen LogP contribution in [0.2, 0.25) is 0 Å². The summed E-state index contributed by atoms with van der Waals surface area (Å²) in [5, 5.41) is 4.89. The van der Waals surface area contributed by atoms with Gasteiger partial charge in [0.05, 0.1) is 12.0 Å². The standard InChI is InChI=1S/C20H23FN4O5S/c1-29-17(26)5-4-8-22-20(28)30-15-12-14(21)7-6-13(15)11-16-18(27)24-19(31-16)25-10-3-2-9-23-25/h6-7,11-12,23H,2-5,8-10H2,1H3,(H,22,28)/b16-11-. The van der Waals surface area contributed by atoms with Gasteiger partial charge in [-0.15, -0.1) is 0 Å². The smallest absolute Gasteiger partial charge is 0.412 e. The fourth-order valence-electron chi connectivity index (χ4n) is 2.88. The number of carbonyl (C=O) groups is 3. The number of benzene rings is 1. The highest BCUT2D eigenvalue weighted by Gasteiger charge is 2.27. The van der Waals surface area contributed by atoms with E-state index in [4.69, 9.17) is 4.74 Å². The quantitative estimate of drug-likeness (QED) is 0.386. The fraction of sp³-hybridized carbons (Fsp3) is 0.400. The Balaban J connectivity index is 1.64. The maximum atomic E-state index is 13.7. The zero-order valence-electron chi connectivity index (χ0n) is 17.0. The summed E-state index contributed by atoms with van der Waals surface area (Å²) in [6.45, 7) is 1.76. The molecule has 0 unspecified atom stereocenters. The average Bonchev–Trinajstić information content (AvgIpc) is 3.14. The molecule has 0 saturated carbocycles. The van der Waals surface area contributed by atoms with E-state index in [2.05, 4.69) is 20.5 Å². The number of carbonyl (C=O) groups excluding carboxylic acids is 3. The summed E-state index contributed by atoms with van der Waals surface area (Å²) < 4.78 is 23.5. The zero-order chi connectivity index (χ0) is 22.2. The van der Waals surface area contributed by atoms with E-state index in [0.29, 0.717) is 22.1 Å². The molecule has 31 heavy (non-hydrogen) atoms. The van der Waals surface area contributed by atoms with Crippen LogP contribution in [0, 0.1) is 5.82 Å². The summed E-state index contributed by atoms with van der Waals surface area (Å²) in [4.78, 5) is 39.9. The summed E-state index contributed by atoms with van der Waals surface area (Å²) in [7, 11) is 1.29. The Morgan fingerprint density at radius 1 is 1.39 bits per heavy atom. The van der Waals surface area contributed by atoms with Gasteiger partial charge in [0.1, 0.15) is 11.6 Å². The van der Waals surface area contributed by atoms with Crippen LogP contribution in [0.4, 0.5) is 9.18 Å². The molecule has 166 valence electrons. The van der Waals surface area contributed by atoms with Gasteiger partial charge in [0, 0.05) is 37.7 Å². The third-order valence-electron chi connectivity index (χ3n) is 4.47. The molecule has 11 heteroatoms. The Morgan fingerprint density at radius 3 is 2.97 bits per heavy atom. The number of amidine groups is 1. The molecule has 0 aliphatic carbocycles. The summed E-state index contributed by atoms with van der Waals surface area (Å²) in [5.74, 6) is -1.41. The Kier molecular flexibility index (Phi) is 8.01. The molecule has 0 spiro atoms. The van der Waals surface area contributed by atoms with Crippen LogP contribution >= 0.6 is 11.8 Å². The molecule has 2 N–H and O–H groups in total. The highest BCUT2D eigenvalue weighted by Crippen LogP contribution is 2.32. The summed E-state index contributed by atoms with van der Waals surface area (Å²) >= 11 is 1.20. The molecule has 0 aromatic heterocycles. The van der Waals surface area contributed by atoms with Crippen LogP contribution in [0.1, 0.15) is 31.2 Å². The van der Waals surface area contributed by atoms with Crippen molar-refractivity contribution in [1.29, 1.82) is 0 Å². The normalized spacial score (nSPS) is 17.5. The van der Waals surface area contributed by atoms with E-state index >= 15 is 0 Å². The second kappa shape index (κ2) is 10.9. The third-order valence-corrected chi connectivity index (χ3v) is 5.48. The van der Waals surface area contributed by atoms with Crippen molar-refractivity contribution < 1.29 is 28.2 Å². The number of ether oxygens (including phenoxy) is 2. The first kappa shape index (κ1) is 22.8. The van der Waals surface area contributed by atoms with Crippen LogP contribution in [0.25, 0.3) is 6.08 Å². The number of halogens is 1. The van der Waals surface area contributed by atoms with Gasteiger partial charge in [-0.05, 0) is 49.2 Å². The van der Waals surface area contributed by atoms with E-state index in [-0.39, 0.29) is 24.7 Å². The molecule has 2 amide bonds. The molecular formula is C20H23FN4O5S. The monoisotopic (exact) mass is 450 g/mol. The number of hydrogen-bond donors (Lipinski definition) is 2. The predicted molar refractivity (Wildman–Crippen MR) is 114 cm³/mol. The van der Waals surface area contributed by atoms with Gasteiger partial charge in [-0.2, -0.15) is 4.99 Å². The van der Waals surface area contributed by atoms with Crippen molar-refractivity contribution in [3.8, 4) is 5.75 Å². The molecule has 9 nitrogen and oxygen atoms in total.